The van der Waals surface area contributed by atoms with Gasteiger partial charge in [0.25, 0.3) is 0 Å². The number of anilines is 1. The number of thioether (sulfide) groups is 1. The second-order valence-electron chi connectivity index (χ2n) is 6.04. The van der Waals surface area contributed by atoms with Gasteiger partial charge in [-0.3, -0.25) is 0 Å². The average Bonchev–Trinajstić information content (AvgIpc) is 3.27. The van der Waals surface area contributed by atoms with Crippen molar-refractivity contribution in [1.29, 1.82) is 0 Å². The van der Waals surface area contributed by atoms with Crippen molar-refractivity contribution in [2.24, 2.45) is 10.7 Å². The number of hydrazine groups is 1. The van der Waals surface area contributed by atoms with E-state index in [1.807, 2.05) is 50.5 Å². The smallest absolute Gasteiger partial charge is 0.184 e. The predicted molar refractivity (Wildman–Crippen MR) is 140 cm³/mol. The first-order chi connectivity index (χ1) is 15.2. The van der Waals surface area contributed by atoms with E-state index in [1.165, 1.54) is 34.1 Å². The molecule has 0 fully saturated rings. The van der Waals surface area contributed by atoms with Crippen LogP contribution < -0.4 is 10.7 Å². The summed E-state index contributed by atoms with van der Waals surface area (Å²) in [6, 6.07) is 7.44. The Hall–Kier alpha value is -1.85. The second-order valence-corrected chi connectivity index (χ2v) is 9.68. The number of nitrogens with two attached hydrogens (primary N) is 1. The molecule has 1 aliphatic rings. The number of halogens is 2. The molecule has 2 N–H and O–H groups in total. The Kier molecular flexibility index (Phi) is 12.0. The summed E-state index contributed by atoms with van der Waals surface area (Å²) in [6.07, 6.45) is 1.98. The number of thiophene rings is 1. The van der Waals surface area contributed by atoms with Crippen molar-refractivity contribution in [2.75, 3.05) is 32.4 Å². The molecule has 1 aromatic heterocycles. The molecule has 0 aliphatic carbocycles. The summed E-state index contributed by atoms with van der Waals surface area (Å²) in [5, 5.41) is 6.08. The van der Waals surface area contributed by atoms with E-state index in [2.05, 4.69) is 11.6 Å². The van der Waals surface area contributed by atoms with Crippen molar-refractivity contribution in [3.8, 4) is 0 Å². The third-order valence-corrected chi connectivity index (χ3v) is 6.42. The Morgan fingerprint density at radius 3 is 2.47 bits per heavy atom. The fraction of sp³-hybridized carbons (Fsp3) is 0.286. The summed E-state index contributed by atoms with van der Waals surface area (Å²) in [5.74, 6) is 0.426. The minimum Gasteiger partial charge on any atom is -0.388 e. The molecule has 0 saturated heterocycles. The van der Waals surface area contributed by atoms with Crippen LogP contribution in [0.5, 0.6) is 0 Å². The third kappa shape index (κ3) is 6.82. The number of fused-ring (bicyclic) bond motifs is 1. The standard InChI is InChI=1S/C16H17ClFN5OS2.C3H6S.C2H6/c1-21(2)14-12-7-8-25-16(12)23(22(3)17)15(20-14)13(19)26(24)11-6-4-5-10(18)9-11;1-3-4-2;1-2/h4-9H,19H2,1-3H3;3H,1H2,2H3;1-2H3/b15-13+;;. The normalized spacial score (nSPS) is 14.8. The van der Waals surface area contributed by atoms with Crippen molar-refractivity contribution in [3.05, 3.63) is 69.9 Å². The van der Waals surface area contributed by atoms with Crippen LogP contribution in [0, 0.1) is 5.82 Å². The molecule has 0 spiro atoms. The zero-order valence-corrected chi connectivity index (χ0v) is 22.2. The van der Waals surface area contributed by atoms with Crippen LogP contribution in [0.25, 0.3) is 0 Å². The molecule has 1 unspecified atom stereocenters. The first-order valence-corrected chi connectivity index (χ1v) is 13.2. The number of hydrogen-bond donors (Lipinski definition) is 1. The van der Waals surface area contributed by atoms with Gasteiger partial charge in [-0.05, 0) is 41.3 Å². The Balaban J connectivity index is 0.000000769. The molecule has 0 saturated carbocycles. The fourth-order valence-electron chi connectivity index (χ4n) is 2.49. The minimum absolute atomic E-state index is 0.0125. The quantitative estimate of drug-likeness (QED) is 0.546. The van der Waals surface area contributed by atoms with Gasteiger partial charge in [-0.25, -0.2) is 18.6 Å². The van der Waals surface area contributed by atoms with Crippen LogP contribution in [-0.4, -0.2) is 46.9 Å². The first-order valence-electron chi connectivity index (χ1n) is 9.57. The molecule has 0 bridgehead atoms. The van der Waals surface area contributed by atoms with Gasteiger partial charge in [-0.1, -0.05) is 26.5 Å². The summed E-state index contributed by atoms with van der Waals surface area (Å²) in [6.45, 7) is 7.44. The SMILES string of the molecule is C=CSC.CC.CN(C)C1=N/C(=C(/N)S(=O)c2cccc(F)c2)N(N(C)Cl)c2sccc21. The highest BCUT2D eigenvalue weighted by atomic mass is 35.5. The lowest BCUT2D eigenvalue weighted by atomic mass is 10.2. The largest absolute Gasteiger partial charge is 0.388 e. The molecule has 2 heterocycles. The van der Waals surface area contributed by atoms with Gasteiger partial charge in [0.1, 0.15) is 32.5 Å². The van der Waals surface area contributed by atoms with Crippen LogP contribution >= 0.6 is 34.9 Å². The van der Waals surface area contributed by atoms with Gasteiger partial charge in [0.2, 0.25) is 0 Å². The summed E-state index contributed by atoms with van der Waals surface area (Å²) in [5.41, 5.74) is 7.09. The van der Waals surface area contributed by atoms with Crippen molar-refractivity contribution >= 4 is 56.5 Å². The predicted octanol–water partition coefficient (Wildman–Crippen LogP) is 5.43. The molecule has 2 aromatic rings. The Labute approximate surface area is 205 Å². The lowest BCUT2D eigenvalue weighted by molar-refractivity contribution is 0.528. The topological polar surface area (TPSA) is 65.2 Å². The Morgan fingerprint density at radius 2 is 1.97 bits per heavy atom. The highest BCUT2D eigenvalue weighted by Gasteiger charge is 2.32. The fourth-order valence-corrected chi connectivity index (χ4v) is 4.58. The van der Waals surface area contributed by atoms with Crippen LogP contribution in [0.2, 0.25) is 0 Å². The average molecular weight is 518 g/mol. The minimum atomic E-state index is -1.80. The second kappa shape index (κ2) is 13.6. The van der Waals surface area contributed by atoms with Crippen molar-refractivity contribution in [3.63, 3.8) is 0 Å². The van der Waals surface area contributed by atoms with Gasteiger partial charge in [0.15, 0.2) is 5.82 Å². The van der Waals surface area contributed by atoms with Crippen LogP contribution in [-0.2, 0) is 10.8 Å². The highest BCUT2D eigenvalue weighted by molar-refractivity contribution is 8.01. The van der Waals surface area contributed by atoms with E-state index >= 15 is 0 Å². The molecule has 0 amide bonds. The molecule has 0 radical (unpaired) electrons. The maximum atomic E-state index is 13.5. The molecular formula is C21H29ClFN5OS3. The Morgan fingerprint density at radius 1 is 1.34 bits per heavy atom. The lowest BCUT2D eigenvalue weighted by Gasteiger charge is -2.34. The summed E-state index contributed by atoms with van der Waals surface area (Å²) >= 11 is 9.30. The number of benzene rings is 1. The van der Waals surface area contributed by atoms with Gasteiger partial charge in [-0.15, -0.1) is 27.6 Å². The summed E-state index contributed by atoms with van der Waals surface area (Å²) in [7, 11) is 3.55. The van der Waals surface area contributed by atoms with Crippen LogP contribution in [0.1, 0.15) is 19.4 Å². The van der Waals surface area contributed by atoms with E-state index in [9.17, 15) is 8.60 Å². The molecule has 1 atom stereocenters. The van der Waals surface area contributed by atoms with Gasteiger partial charge in [-0.2, -0.15) is 0 Å². The van der Waals surface area contributed by atoms with E-state index in [0.29, 0.717) is 5.84 Å². The van der Waals surface area contributed by atoms with E-state index in [1.54, 1.807) is 35.3 Å². The first kappa shape index (κ1) is 28.2. The summed E-state index contributed by atoms with van der Waals surface area (Å²) in [4.78, 5) is 6.68. The monoisotopic (exact) mass is 517 g/mol. The van der Waals surface area contributed by atoms with Gasteiger partial charge >= 0.3 is 0 Å². The third-order valence-electron chi connectivity index (χ3n) is 3.79. The van der Waals surface area contributed by atoms with Crippen molar-refractivity contribution in [1.82, 2.24) is 9.43 Å². The van der Waals surface area contributed by atoms with E-state index in [4.69, 9.17) is 17.5 Å². The number of amidine groups is 1. The molecule has 1 aromatic carbocycles. The van der Waals surface area contributed by atoms with E-state index in [0.717, 1.165) is 10.6 Å². The van der Waals surface area contributed by atoms with Crippen LogP contribution in [0.3, 0.4) is 0 Å². The van der Waals surface area contributed by atoms with Crippen LogP contribution in [0.15, 0.2) is 68.4 Å². The van der Waals surface area contributed by atoms with Crippen LogP contribution in [0.4, 0.5) is 9.39 Å². The molecular weight excluding hydrogens is 489 g/mol. The zero-order chi connectivity index (χ0) is 24.4. The number of hydrogen-bond acceptors (Lipinski definition) is 8. The van der Waals surface area contributed by atoms with Gasteiger partial charge in [0.05, 0.1) is 5.56 Å². The number of rotatable bonds is 4. The van der Waals surface area contributed by atoms with E-state index < -0.39 is 16.6 Å². The summed E-state index contributed by atoms with van der Waals surface area (Å²) < 4.78 is 27.7. The maximum absolute atomic E-state index is 13.5. The zero-order valence-electron chi connectivity index (χ0n) is 19.0. The lowest BCUT2D eigenvalue weighted by Crippen LogP contribution is -2.39. The molecule has 176 valence electrons. The number of nitrogens with zero attached hydrogens (tertiary/aromatic N) is 4. The highest BCUT2D eigenvalue weighted by Crippen LogP contribution is 2.38. The molecule has 11 heteroatoms. The molecule has 3 rings (SSSR count). The molecule has 6 nitrogen and oxygen atoms in total. The molecule has 32 heavy (non-hydrogen) atoms. The van der Waals surface area contributed by atoms with E-state index in [-0.39, 0.29) is 15.7 Å². The molecule has 1 aliphatic heterocycles. The Bertz CT molecular complexity index is 991. The van der Waals surface area contributed by atoms with Gasteiger partial charge < -0.3 is 10.6 Å². The number of aliphatic imine (C=N–C) groups is 1. The maximum Gasteiger partial charge on any atom is 0.184 e. The van der Waals surface area contributed by atoms with Crippen molar-refractivity contribution < 1.29 is 8.60 Å². The van der Waals surface area contributed by atoms with Gasteiger partial charge in [0, 0.05) is 37.8 Å². The van der Waals surface area contributed by atoms with Crippen molar-refractivity contribution in [2.45, 2.75) is 18.7 Å².